The average molecular weight is 147 g/mol. The molecule has 0 saturated carbocycles. The molecule has 1 fully saturated rings. The summed E-state index contributed by atoms with van der Waals surface area (Å²) in [5.74, 6) is 0.152. The zero-order chi connectivity index (χ0) is 7.68. The van der Waals surface area contributed by atoms with Gasteiger partial charge in [-0.05, 0) is 5.56 Å². The minimum atomic E-state index is 0.152. The Balaban J connectivity index is 2.13. The highest BCUT2D eigenvalue weighted by atomic mass is 16.2. The Labute approximate surface area is 65.2 Å². The number of β-lactam (4-membered cyclic amide) rings is 1. The van der Waals surface area contributed by atoms with E-state index in [-0.39, 0.29) is 11.9 Å². The minimum absolute atomic E-state index is 0.152. The third-order valence-electron chi connectivity index (χ3n) is 1.93. The molecule has 1 aromatic carbocycles. The molecule has 1 aromatic rings. The van der Waals surface area contributed by atoms with Gasteiger partial charge in [0.2, 0.25) is 5.91 Å². The van der Waals surface area contributed by atoms with Crippen LogP contribution in [0.1, 0.15) is 18.0 Å². The smallest absolute Gasteiger partial charge is 0.222 e. The van der Waals surface area contributed by atoms with Gasteiger partial charge in [-0.15, -0.1) is 0 Å². The van der Waals surface area contributed by atoms with Crippen LogP contribution in [0.15, 0.2) is 30.3 Å². The summed E-state index contributed by atoms with van der Waals surface area (Å²) in [6.07, 6.45) is 0.643. The number of rotatable bonds is 1. The van der Waals surface area contributed by atoms with Crippen LogP contribution in [0.25, 0.3) is 0 Å². The van der Waals surface area contributed by atoms with Gasteiger partial charge in [-0.2, -0.15) is 0 Å². The lowest BCUT2D eigenvalue weighted by molar-refractivity contribution is -0.128. The summed E-state index contributed by atoms with van der Waals surface area (Å²) in [4.78, 5) is 10.6. The van der Waals surface area contributed by atoms with E-state index in [4.69, 9.17) is 0 Å². The molecule has 1 aliphatic rings. The maximum Gasteiger partial charge on any atom is 0.222 e. The lowest BCUT2D eigenvalue weighted by Crippen LogP contribution is -2.41. The molecule has 0 bridgehead atoms. The predicted molar refractivity (Wildman–Crippen MR) is 41.9 cm³/mol. The standard InChI is InChI=1S/C9H9NO/c11-9-6-8(10-9)7-4-2-1-3-5-7/h1-5,8H,6H2,(H,10,11). The van der Waals surface area contributed by atoms with Crippen LogP contribution < -0.4 is 5.32 Å². The molecule has 1 atom stereocenters. The first kappa shape index (κ1) is 6.40. The van der Waals surface area contributed by atoms with Gasteiger partial charge in [0.15, 0.2) is 0 Å². The fraction of sp³-hybridized carbons (Fsp3) is 0.222. The van der Waals surface area contributed by atoms with Gasteiger partial charge in [-0.3, -0.25) is 4.79 Å². The molecule has 1 unspecified atom stereocenters. The van der Waals surface area contributed by atoms with E-state index in [1.165, 1.54) is 5.56 Å². The van der Waals surface area contributed by atoms with Crippen molar-refractivity contribution < 1.29 is 4.79 Å². The Morgan fingerprint density at radius 2 is 1.91 bits per heavy atom. The topological polar surface area (TPSA) is 29.1 Å². The van der Waals surface area contributed by atoms with Gasteiger partial charge >= 0.3 is 0 Å². The van der Waals surface area contributed by atoms with Crippen LogP contribution in [0.2, 0.25) is 0 Å². The monoisotopic (exact) mass is 147 g/mol. The molecular formula is C9H9NO. The summed E-state index contributed by atoms with van der Waals surface area (Å²) >= 11 is 0. The third-order valence-corrected chi connectivity index (χ3v) is 1.93. The Kier molecular flexibility index (Phi) is 1.39. The predicted octanol–water partition coefficient (Wildman–Crippen LogP) is 1.25. The quantitative estimate of drug-likeness (QED) is 0.595. The molecule has 1 aliphatic heterocycles. The third kappa shape index (κ3) is 1.11. The maximum atomic E-state index is 10.6. The van der Waals surface area contributed by atoms with E-state index >= 15 is 0 Å². The Morgan fingerprint density at radius 1 is 1.27 bits per heavy atom. The number of hydrogen-bond acceptors (Lipinski definition) is 1. The molecule has 0 radical (unpaired) electrons. The van der Waals surface area contributed by atoms with Gasteiger partial charge in [0.05, 0.1) is 12.5 Å². The van der Waals surface area contributed by atoms with Crippen molar-refractivity contribution in [2.24, 2.45) is 0 Å². The molecule has 2 nitrogen and oxygen atoms in total. The number of hydrogen-bond donors (Lipinski definition) is 1. The van der Waals surface area contributed by atoms with E-state index in [1.54, 1.807) is 0 Å². The number of nitrogens with one attached hydrogen (secondary N) is 1. The fourth-order valence-electron chi connectivity index (χ4n) is 1.25. The lowest BCUT2D eigenvalue weighted by atomic mass is 9.98. The Morgan fingerprint density at radius 3 is 2.45 bits per heavy atom. The number of amides is 1. The van der Waals surface area contributed by atoms with Crippen LogP contribution in [-0.4, -0.2) is 5.91 Å². The summed E-state index contributed by atoms with van der Waals surface area (Å²) in [7, 11) is 0. The van der Waals surface area contributed by atoms with E-state index in [0.717, 1.165) is 0 Å². The van der Waals surface area contributed by atoms with Gasteiger partial charge in [-0.25, -0.2) is 0 Å². The molecule has 1 heterocycles. The van der Waals surface area contributed by atoms with Crippen molar-refractivity contribution in [2.75, 3.05) is 0 Å². The summed E-state index contributed by atoms with van der Waals surface area (Å²) in [5.41, 5.74) is 1.20. The molecule has 2 rings (SSSR count). The van der Waals surface area contributed by atoms with Crippen molar-refractivity contribution in [3.05, 3.63) is 35.9 Å². The van der Waals surface area contributed by atoms with Crippen LogP contribution >= 0.6 is 0 Å². The molecule has 0 aromatic heterocycles. The van der Waals surface area contributed by atoms with Gasteiger partial charge < -0.3 is 5.32 Å². The lowest BCUT2D eigenvalue weighted by Gasteiger charge is -2.26. The molecule has 1 amide bonds. The van der Waals surface area contributed by atoms with Crippen molar-refractivity contribution in [1.82, 2.24) is 5.32 Å². The molecule has 1 saturated heterocycles. The highest BCUT2D eigenvalue weighted by Crippen LogP contribution is 2.22. The van der Waals surface area contributed by atoms with Crippen LogP contribution in [-0.2, 0) is 4.79 Å². The molecule has 0 spiro atoms. The first-order chi connectivity index (χ1) is 5.36. The van der Waals surface area contributed by atoms with E-state index in [2.05, 4.69) is 5.32 Å². The molecule has 56 valence electrons. The summed E-state index contributed by atoms with van der Waals surface area (Å²) in [5, 5.41) is 2.82. The molecule has 1 N–H and O–H groups in total. The van der Waals surface area contributed by atoms with E-state index in [0.29, 0.717) is 6.42 Å². The number of carbonyl (C=O) groups is 1. The van der Waals surface area contributed by atoms with Crippen LogP contribution in [0.5, 0.6) is 0 Å². The zero-order valence-electron chi connectivity index (χ0n) is 6.08. The number of carbonyl (C=O) groups excluding carboxylic acids is 1. The maximum absolute atomic E-state index is 10.6. The van der Waals surface area contributed by atoms with Gasteiger partial charge in [0.25, 0.3) is 0 Å². The first-order valence-corrected chi connectivity index (χ1v) is 3.70. The van der Waals surface area contributed by atoms with Crippen molar-refractivity contribution in [2.45, 2.75) is 12.5 Å². The second-order valence-corrected chi connectivity index (χ2v) is 2.73. The number of benzene rings is 1. The largest absolute Gasteiger partial charge is 0.349 e. The fourth-order valence-corrected chi connectivity index (χ4v) is 1.25. The van der Waals surface area contributed by atoms with E-state index in [9.17, 15) is 4.79 Å². The van der Waals surface area contributed by atoms with Crippen LogP contribution in [0.4, 0.5) is 0 Å². The Bertz CT molecular complexity index is 260. The van der Waals surface area contributed by atoms with E-state index in [1.807, 2.05) is 30.3 Å². The average Bonchev–Trinajstić information content (AvgIpc) is 2.01. The first-order valence-electron chi connectivity index (χ1n) is 3.70. The highest BCUT2D eigenvalue weighted by Gasteiger charge is 2.25. The van der Waals surface area contributed by atoms with Crippen molar-refractivity contribution in [1.29, 1.82) is 0 Å². The van der Waals surface area contributed by atoms with Gasteiger partial charge in [0, 0.05) is 0 Å². The second kappa shape index (κ2) is 2.38. The minimum Gasteiger partial charge on any atom is -0.349 e. The Hall–Kier alpha value is -1.31. The molecule has 2 heteroatoms. The second-order valence-electron chi connectivity index (χ2n) is 2.73. The molecule has 11 heavy (non-hydrogen) atoms. The summed E-state index contributed by atoms with van der Waals surface area (Å²) < 4.78 is 0. The van der Waals surface area contributed by atoms with Crippen molar-refractivity contribution in [3.63, 3.8) is 0 Å². The normalized spacial score (nSPS) is 22.2. The van der Waals surface area contributed by atoms with Crippen molar-refractivity contribution >= 4 is 5.91 Å². The molecular weight excluding hydrogens is 138 g/mol. The van der Waals surface area contributed by atoms with Crippen LogP contribution in [0, 0.1) is 0 Å². The van der Waals surface area contributed by atoms with Crippen molar-refractivity contribution in [3.8, 4) is 0 Å². The molecule has 0 aliphatic carbocycles. The summed E-state index contributed by atoms with van der Waals surface area (Å²) in [6, 6.07) is 10.3. The highest BCUT2D eigenvalue weighted by molar-refractivity contribution is 5.83. The van der Waals surface area contributed by atoms with E-state index < -0.39 is 0 Å². The zero-order valence-corrected chi connectivity index (χ0v) is 6.08. The van der Waals surface area contributed by atoms with Gasteiger partial charge in [-0.1, -0.05) is 30.3 Å². The SMILES string of the molecule is O=C1CC(c2ccccc2)N1. The van der Waals surface area contributed by atoms with Gasteiger partial charge in [0.1, 0.15) is 0 Å². The van der Waals surface area contributed by atoms with Crippen LogP contribution in [0.3, 0.4) is 0 Å². The summed E-state index contributed by atoms with van der Waals surface area (Å²) in [6.45, 7) is 0.